The largest absolute Gasteiger partial charge is 0.383 e. The van der Waals surface area contributed by atoms with Gasteiger partial charge in [-0.05, 0) is 42.0 Å². The van der Waals surface area contributed by atoms with Gasteiger partial charge in [-0.3, -0.25) is 4.57 Å². The second-order valence-corrected chi connectivity index (χ2v) is 7.14. The predicted octanol–water partition coefficient (Wildman–Crippen LogP) is 4.46. The van der Waals surface area contributed by atoms with Crippen LogP contribution >= 0.6 is 11.6 Å². The number of hydrogen-bond donors (Lipinski definition) is 1. The van der Waals surface area contributed by atoms with Crippen molar-refractivity contribution in [3.8, 4) is 28.5 Å². The van der Waals surface area contributed by atoms with Gasteiger partial charge >= 0.3 is 6.55 Å². The molecule has 1 aromatic carbocycles. The number of aromatic nitrogens is 7. The molecular formula is C21H15ClF2N8. The molecule has 32 heavy (non-hydrogen) atoms. The highest BCUT2D eigenvalue weighted by atomic mass is 35.5. The Morgan fingerprint density at radius 2 is 1.81 bits per heavy atom. The fraction of sp³-hybridized carbons (Fsp3) is 0.0952. The summed E-state index contributed by atoms with van der Waals surface area (Å²) in [5.74, 6) is 1.25. The van der Waals surface area contributed by atoms with Gasteiger partial charge in [0, 0.05) is 17.8 Å². The maximum Gasteiger partial charge on any atom is 0.348 e. The molecule has 0 aliphatic rings. The number of nitrogens with two attached hydrogens (primary N) is 1. The minimum Gasteiger partial charge on any atom is -0.383 e. The lowest BCUT2D eigenvalue weighted by molar-refractivity contribution is 0.0415. The van der Waals surface area contributed by atoms with E-state index in [9.17, 15) is 8.78 Å². The quantitative estimate of drug-likeness (QED) is 0.395. The molecule has 0 saturated carbocycles. The molecule has 0 radical (unpaired) electrons. The van der Waals surface area contributed by atoms with Crippen LogP contribution in [0, 0.1) is 0 Å². The van der Waals surface area contributed by atoms with E-state index < -0.39 is 6.55 Å². The molecule has 160 valence electrons. The lowest BCUT2D eigenvalue weighted by Crippen LogP contribution is -2.03. The van der Waals surface area contributed by atoms with Crippen molar-refractivity contribution in [3.63, 3.8) is 0 Å². The topological polar surface area (TPSA) is 100 Å². The van der Waals surface area contributed by atoms with Gasteiger partial charge in [0.15, 0.2) is 11.5 Å². The van der Waals surface area contributed by atoms with E-state index in [0.29, 0.717) is 44.7 Å². The van der Waals surface area contributed by atoms with Gasteiger partial charge in [-0.25, -0.2) is 15.0 Å². The summed E-state index contributed by atoms with van der Waals surface area (Å²) in [5, 5.41) is 7.40. The molecular weight excluding hydrogens is 438 g/mol. The van der Waals surface area contributed by atoms with E-state index in [1.807, 2.05) is 34.9 Å². The molecule has 0 aliphatic heterocycles. The molecule has 0 amide bonds. The van der Waals surface area contributed by atoms with E-state index in [0.717, 1.165) is 11.3 Å². The van der Waals surface area contributed by atoms with E-state index in [1.165, 1.54) is 6.20 Å². The number of pyridine rings is 2. The number of nitrogen functional groups attached to an aromatic ring is 1. The standard InChI is InChI=1S/C21H15ClF2N8/c22-10-12-3-5-13(6-4-12)31-19(14-2-1-9-26-18(14)25)29-16-8-7-15(28-20(16)31)17-11-27-32(30-17)21(23)24/h1-9,11,21H,10H2,(H2,25,26). The maximum absolute atomic E-state index is 12.9. The van der Waals surface area contributed by atoms with Crippen molar-refractivity contribution < 1.29 is 8.78 Å². The Labute approximate surface area is 185 Å². The predicted molar refractivity (Wildman–Crippen MR) is 116 cm³/mol. The Kier molecular flexibility index (Phi) is 4.98. The highest BCUT2D eigenvalue weighted by Crippen LogP contribution is 2.31. The van der Waals surface area contributed by atoms with Gasteiger partial charge in [0.2, 0.25) is 0 Å². The van der Waals surface area contributed by atoms with Gasteiger partial charge in [-0.1, -0.05) is 12.1 Å². The highest BCUT2D eigenvalue weighted by Gasteiger charge is 2.19. The van der Waals surface area contributed by atoms with Gasteiger partial charge in [0.05, 0.1) is 17.5 Å². The van der Waals surface area contributed by atoms with E-state index in [2.05, 4.69) is 20.2 Å². The van der Waals surface area contributed by atoms with E-state index in [4.69, 9.17) is 22.3 Å². The Morgan fingerprint density at radius 3 is 2.50 bits per heavy atom. The van der Waals surface area contributed by atoms with Crippen molar-refractivity contribution in [2.75, 3.05) is 5.73 Å². The summed E-state index contributed by atoms with van der Waals surface area (Å²) in [6.45, 7) is -2.83. The molecule has 0 unspecified atom stereocenters. The number of imidazole rings is 1. The summed E-state index contributed by atoms with van der Waals surface area (Å²) in [7, 11) is 0. The molecule has 0 saturated heterocycles. The molecule has 5 rings (SSSR count). The smallest absolute Gasteiger partial charge is 0.348 e. The van der Waals surface area contributed by atoms with Crippen LogP contribution in [0.5, 0.6) is 0 Å². The van der Waals surface area contributed by atoms with Crippen molar-refractivity contribution in [3.05, 3.63) is 66.5 Å². The number of halogens is 3. The third-order valence-electron chi connectivity index (χ3n) is 4.88. The zero-order chi connectivity index (χ0) is 22.2. The lowest BCUT2D eigenvalue weighted by atomic mass is 10.2. The van der Waals surface area contributed by atoms with Crippen LogP contribution < -0.4 is 5.73 Å². The van der Waals surface area contributed by atoms with Crippen molar-refractivity contribution in [2.24, 2.45) is 0 Å². The molecule has 0 aliphatic carbocycles. The van der Waals surface area contributed by atoms with Crippen LogP contribution in [0.2, 0.25) is 0 Å². The molecule has 0 bridgehead atoms. The molecule has 5 aromatic rings. The van der Waals surface area contributed by atoms with E-state index in [-0.39, 0.29) is 5.69 Å². The number of rotatable bonds is 5. The molecule has 0 fully saturated rings. The molecule has 0 spiro atoms. The summed E-state index contributed by atoms with van der Waals surface area (Å²) in [5.41, 5.74) is 10.2. The van der Waals surface area contributed by atoms with Crippen LogP contribution in [0.25, 0.3) is 39.6 Å². The number of hydrogen-bond acceptors (Lipinski definition) is 6. The number of anilines is 1. The number of nitrogens with zero attached hydrogens (tertiary/aromatic N) is 7. The third kappa shape index (κ3) is 3.44. The molecule has 4 aromatic heterocycles. The molecule has 2 N–H and O–H groups in total. The summed E-state index contributed by atoms with van der Waals surface area (Å²) in [6.07, 6.45) is 2.85. The Bertz CT molecular complexity index is 1410. The Hall–Kier alpha value is -3.92. The fourth-order valence-electron chi connectivity index (χ4n) is 3.35. The van der Waals surface area contributed by atoms with Gasteiger partial charge in [-0.15, -0.1) is 21.5 Å². The van der Waals surface area contributed by atoms with Crippen molar-refractivity contribution >= 4 is 28.6 Å². The molecule has 8 nitrogen and oxygen atoms in total. The Morgan fingerprint density at radius 1 is 1.00 bits per heavy atom. The van der Waals surface area contributed by atoms with E-state index >= 15 is 0 Å². The number of alkyl halides is 3. The van der Waals surface area contributed by atoms with Crippen LogP contribution in [0.15, 0.2) is 60.9 Å². The van der Waals surface area contributed by atoms with Crippen molar-refractivity contribution in [1.29, 1.82) is 0 Å². The van der Waals surface area contributed by atoms with Gasteiger partial charge < -0.3 is 5.73 Å². The average Bonchev–Trinajstić information content (AvgIpc) is 3.44. The van der Waals surface area contributed by atoms with Crippen LogP contribution in [-0.2, 0) is 5.88 Å². The lowest BCUT2D eigenvalue weighted by Gasteiger charge is -2.11. The molecule has 0 atom stereocenters. The third-order valence-corrected chi connectivity index (χ3v) is 5.19. The van der Waals surface area contributed by atoms with Gasteiger partial charge in [0.1, 0.15) is 17.0 Å². The van der Waals surface area contributed by atoms with Crippen LogP contribution in [0.3, 0.4) is 0 Å². The van der Waals surface area contributed by atoms with E-state index in [1.54, 1.807) is 24.4 Å². The first-order valence-corrected chi connectivity index (χ1v) is 10.0. The minimum absolute atomic E-state index is 0.222. The number of benzene rings is 1. The highest BCUT2D eigenvalue weighted by molar-refractivity contribution is 6.17. The Balaban J connectivity index is 1.74. The van der Waals surface area contributed by atoms with Crippen molar-refractivity contribution in [2.45, 2.75) is 12.4 Å². The van der Waals surface area contributed by atoms with Crippen LogP contribution in [-0.4, -0.2) is 34.5 Å². The van der Waals surface area contributed by atoms with Gasteiger partial charge in [-0.2, -0.15) is 13.9 Å². The number of fused-ring (bicyclic) bond motifs is 1. The average molecular weight is 453 g/mol. The summed E-state index contributed by atoms with van der Waals surface area (Å²) in [6, 6.07) is 14.6. The summed E-state index contributed by atoms with van der Waals surface area (Å²) < 4.78 is 27.6. The molecule has 11 heteroatoms. The first kappa shape index (κ1) is 20.0. The zero-order valence-electron chi connectivity index (χ0n) is 16.4. The maximum atomic E-state index is 12.9. The normalized spacial score (nSPS) is 11.5. The monoisotopic (exact) mass is 452 g/mol. The van der Waals surface area contributed by atoms with Crippen molar-refractivity contribution in [1.82, 2.24) is 34.5 Å². The second kappa shape index (κ2) is 7.97. The summed E-state index contributed by atoms with van der Waals surface area (Å²) in [4.78, 5) is 13.9. The second-order valence-electron chi connectivity index (χ2n) is 6.87. The SMILES string of the molecule is Nc1ncccc1-c1nc2ccc(-c3cnn(C(F)F)n3)nc2n1-c1ccc(CCl)cc1. The van der Waals surface area contributed by atoms with Gasteiger partial charge in [0.25, 0.3) is 0 Å². The molecule has 4 heterocycles. The zero-order valence-corrected chi connectivity index (χ0v) is 17.2. The minimum atomic E-state index is -2.83. The van der Waals surface area contributed by atoms with Crippen LogP contribution in [0.4, 0.5) is 14.6 Å². The fourth-order valence-corrected chi connectivity index (χ4v) is 3.53. The summed E-state index contributed by atoms with van der Waals surface area (Å²) >= 11 is 5.94. The first-order valence-electron chi connectivity index (χ1n) is 9.51. The van der Waals surface area contributed by atoms with Crippen LogP contribution in [0.1, 0.15) is 12.1 Å². The first-order chi connectivity index (χ1) is 15.5.